The van der Waals surface area contributed by atoms with Gasteiger partial charge < -0.3 is 14.4 Å². The molecule has 2 unspecified atom stereocenters. The second-order valence-electron chi connectivity index (χ2n) is 6.16. The van der Waals surface area contributed by atoms with Gasteiger partial charge in [-0.25, -0.2) is 0 Å². The predicted octanol–water partition coefficient (Wildman–Crippen LogP) is 2.05. The molecule has 5 nitrogen and oxygen atoms in total. The van der Waals surface area contributed by atoms with Gasteiger partial charge in [0.25, 0.3) is 0 Å². The number of ketones is 1. The maximum Gasteiger partial charge on any atom is 0.178 e. The van der Waals surface area contributed by atoms with E-state index in [4.69, 9.17) is 9.47 Å². The van der Waals surface area contributed by atoms with E-state index < -0.39 is 0 Å². The Morgan fingerprint density at radius 2 is 2.13 bits per heavy atom. The third-order valence-corrected chi connectivity index (χ3v) is 5.10. The average molecular weight is 312 g/mol. The van der Waals surface area contributed by atoms with Crippen molar-refractivity contribution in [2.24, 2.45) is 0 Å². The number of likely N-dealkylation sites (tertiary alicyclic amines) is 1. The third-order valence-electron chi connectivity index (χ3n) is 5.10. The van der Waals surface area contributed by atoms with Gasteiger partial charge in [0.1, 0.15) is 6.07 Å². The van der Waals surface area contributed by atoms with Crippen LogP contribution >= 0.6 is 0 Å². The first-order chi connectivity index (χ1) is 11.1. The molecule has 0 saturated carbocycles. The van der Waals surface area contributed by atoms with Crippen LogP contribution < -0.4 is 9.47 Å². The number of fused-ring (bicyclic) bond motifs is 1. The Morgan fingerprint density at radius 1 is 1.35 bits per heavy atom. The van der Waals surface area contributed by atoms with Crippen molar-refractivity contribution < 1.29 is 14.3 Å². The lowest BCUT2D eigenvalue weighted by Crippen LogP contribution is -2.43. The third kappa shape index (κ3) is 2.30. The number of hydrogen-bond donors (Lipinski definition) is 0. The monoisotopic (exact) mass is 312 g/mol. The minimum absolute atomic E-state index is 0.115. The predicted molar refractivity (Wildman–Crippen MR) is 85.7 cm³/mol. The molecule has 0 radical (unpaired) electrons. The first-order valence-corrected chi connectivity index (χ1v) is 7.64. The van der Waals surface area contributed by atoms with Gasteiger partial charge in [-0.1, -0.05) is 6.08 Å². The molecule has 0 aromatic heterocycles. The minimum Gasteiger partial charge on any atom is -0.493 e. The zero-order valence-electron chi connectivity index (χ0n) is 13.6. The van der Waals surface area contributed by atoms with E-state index in [2.05, 4.69) is 11.0 Å². The lowest BCUT2D eigenvalue weighted by molar-refractivity contribution is -0.116. The fourth-order valence-electron chi connectivity index (χ4n) is 3.86. The van der Waals surface area contributed by atoms with Gasteiger partial charge in [0.2, 0.25) is 0 Å². The number of allylic oxidation sites excluding steroid dienone is 1. The van der Waals surface area contributed by atoms with Gasteiger partial charge in [0.15, 0.2) is 17.3 Å². The average Bonchev–Trinajstić information content (AvgIpc) is 2.91. The van der Waals surface area contributed by atoms with Crippen LogP contribution in [-0.4, -0.2) is 44.5 Å². The Kier molecular flexibility index (Phi) is 3.87. The van der Waals surface area contributed by atoms with E-state index in [0.29, 0.717) is 23.5 Å². The van der Waals surface area contributed by atoms with Gasteiger partial charge in [0, 0.05) is 17.9 Å². The summed E-state index contributed by atoms with van der Waals surface area (Å²) < 4.78 is 10.7. The normalized spacial score (nSPS) is 26.7. The van der Waals surface area contributed by atoms with E-state index in [0.717, 1.165) is 18.5 Å². The van der Waals surface area contributed by atoms with Gasteiger partial charge in [-0.15, -0.1) is 0 Å². The van der Waals surface area contributed by atoms with Gasteiger partial charge in [-0.2, -0.15) is 5.26 Å². The molecular formula is C18H20N2O3. The van der Waals surface area contributed by atoms with E-state index >= 15 is 0 Å². The molecule has 1 aromatic rings. The molecule has 0 bridgehead atoms. The van der Waals surface area contributed by atoms with Crippen LogP contribution in [0.2, 0.25) is 0 Å². The Balaban J connectivity index is 2.19. The molecule has 1 aromatic carbocycles. The van der Waals surface area contributed by atoms with Gasteiger partial charge >= 0.3 is 0 Å². The molecule has 0 N–H and O–H groups in total. The van der Waals surface area contributed by atoms with Crippen LogP contribution in [0.25, 0.3) is 0 Å². The standard InChI is InChI=1S/C18H20N2O3/c1-20-7-6-18(5-4-14(21)10-16(18)20)13-8-12(11-19)17(23-3)15(9-13)22-2/h4-5,8-9,16H,6-7,10H2,1-3H3. The summed E-state index contributed by atoms with van der Waals surface area (Å²) in [5, 5.41) is 9.46. The zero-order chi connectivity index (χ0) is 16.6. The smallest absolute Gasteiger partial charge is 0.178 e. The second-order valence-corrected chi connectivity index (χ2v) is 6.16. The van der Waals surface area contributed by atoms with Gasteiger partial charge in [0.05, 0.1) is 19.8 Å². The fraction of sp³-hybridized carbons (Fsp3) is 0.444. The number of rotatable bonds is 3. The highest BCUT2D eigenvalue weighted by atomic mass is 16.5. The van der Waals surface area contributed by atoms with Crippen molar-refractivity contribution in [1.82, 2.24) is 4.90 Å². The van der Waals surface area contributed by atoms with Crippen LogP contribution in [0.5, 0.6) is 11.5 Å². The molecule has 120 valence electrons. The lowest BCUT2D eigenvalue weighted by atomic mass is 9.69. The number of methoxy groups -OCH3 is 2. The number of likely N-dealkylation sites (N-methyl/N-ethyl adjacent to an activating group) is 1. The molecule has 1 saturated heterocycles. The Morgan fingerprint density at radius 3 is 2.78 bits per heavy atom. The van der Waals surface area contributed by atoms with Crippen molar-refractivity contribution in [1.29, 1.82) is 5.26 Å². The SMILES string of the molecule is COc1cc(C23C=CC(=O)CC2N(C)CC3)cc(C#N)c1OC. The van der Waals surface area contributed by atoms with Crippen molar-refractivity contribution >= 4 is 5.78 Å². The summed E-state index contributed by atoms with van der Waals surface area (Å²) in [7, 11) is 5.14. The summed E-state index contributed by atoms with van der Waals surface area (Å²) >= 11 is 0. The minimum atomic E-state index is -0.256. The maximum atomic E-state index is 11.9. The largest absolute Gasteiger partial charge is 0.493 e. The maximum absolute atomic E-state index is 11.9. The molecule has 1 heterocycles. The lowest BCUT2D eigenvalue weighted by Gasteiger charge is -2.37. The highest BCUT2D eigenvalue weighted by Crippen LogP contribution is 2.47. The van der Waals surface area contributed by atoms with Crippen LogP contribution in [0.15, 0.2) is 24.3 Å². The summed E-state index contributed by atoms with van der Waals surface area (Å²) in [4.78, 5) is 14.1. The summed E-state index contributed by atoms with van der Waals surface area (Å²) in [5.41, 5.74) is 1.20. The number of ether oxygens (including phenoxy) is 2. The highest BCUT2D eigenvalue weighted by Gasteiger charge is 2.48. The van der Waals surface area contributed by atoms with Crippen molar-refractivity contribution in [3.8, 4) is 17.6 Å². The van der Waals surface area contributed by atoms with Gasteiger partial charge in [-0.05, 0) is 43.8 Å². The Hall–Kier alpha value is -2.32. The van der Waals surface area contributed by atoms with Crippen molar-refractivity contribution in [2.45, 2.75) is 24.3 Å². The summed E-state index contributed by atoms with van der Waals surface area (Å²) in [6.07, 6.45) is 5.11. The molecule has 1 aliphatic carbocycles. The van der Waals surface area contributed by atoms with E-state index in [1.54, 1.807) is 13.2 Å². The number of carbonyl (C=O) groups is 1. The van der Waals surface area contributed by atoms with Crippen molar-refractivity contribution in [3.05, 3.63) is 35.4 Å². The van der Waals surface area contributed by atoms with E-state index in [-0.39, 0.29) is 17.2 Å². The molecule has 5 heteroatoms. The summed E-state index contributed by atoms with van der Waals surface area (Å²) in [6, 6.07) is 6.11. The van der Waals surface area contributed by atoms with Crippen LogP contribution in [0.3, 0.4) is 0 Å². The fourth-order valence-corrected chi connectivity index (χ4v) is 3.86. The quantitative estimate of drug-likeness (QED) is 0.855. The van der Waals surface area contributed by atoms with Gasteiger partial charge in [-0.3, -0.25) is 4.79 Å². The van der Waals surface area contributed by atoms with Crippen LogP contribution in [0.4, 0.5) is 0 Å². The molecule has 23 heavy (non-hydrogen) atoms. The molecule has 1 aliphatic heterocycles. The number of nitriles is 1. The first-order valence-electron chi connectivity index (χ1n) is 7.64. The Bertz CT molecular complexity index is 720. The van der Waals surface area contributed by atoms with E-state index in [9.17, 15) is 10.1 Å². The topological polar surface area (TPSA) is 62.6 Å². The van der Waals surface area contributed by atoms with Crippen LogP contribution in [0, 0.1) is 11.3 Å². The molecule has 2 atom stereocenters. The number of hydrogen-bond acceptors (Lipinski definition) is 5. The molecule has 1 fully saturated rings. The molecule has 0 amide bonds. The molecule has 3 rings (SSSR count). The summed E-state index contributed by atoms with van der Waals surface area (Å²) in [6.45, 7) is 0.915. The second kappa shape index (κ2) is 5.71. The number of carbonyl (C=O) groups excluding carboxylic acids is 1. The number of benzene rings is 1. The van der Waals surface area contributed by atoms with Crippen LogP contribution in [-0.2, 0) is 10.2 Å². The highest BCUT2D eigenvalue weighted by molar-refractivity contribution is 5.92. The summed E-state index contributed by atoms with van der Waals surface area (Å²) in [5.74, 6) is 1.16. The zero-order valence-corrected chi connectivity index (χ0v) is 13.6. The first kappa shape index (κ1) is 15.6. The Labute approximate surface area is 136 Å². The molecular weight excluding hydrogens is 292 g/mol. The van der Waals surface area contributed by atoms with Crippen molar-refractivity contribution in [3.63, 3.8) is 0 Å². The number of nitrogens with zero attached hydrogens (tertiary/aromatic N) is 2. The van der Waals surface area contributed by atoms with E-state index in [1.165, 1.54) is 7.11 Å². The van der Waals surface area contributed by atoms with E-state index in [1.807, 2.05) is 25.3 Å². The molecule has 2 aliphatic rings. The molecule has 0 spiro atoms. The van der Waals surface area contributed by atoms with Crippen LogP contribution in [0.1, 0.15) is 24.0 Å². The van der Waals surface area contributed by atoms with Crippen molar-refractivity contribution in [2.75, 3.05) is 27.8 Å².